The quantitative estimate of drug-likeness (QED) is 0.209. The largest absolute Gasteiger partial charge is 0.467 e. The van der Waals surface area contributed by atoms with Crippen LogP contribution >= 0.6 is 0 Å². The van der Waals surface area contributed by atoms with Gasteiger partial charge in [0.1, 0.15) is 11.4 Å². The van der Waals surface area contributed by atoms with Crippen LogP contribution in [0.4, 0.5) is 41.2 Å². The number of carbonyl (C=O) groups excluding carboxylic acids is 2. The van der Waals surface area contributed by atoms with Crippen molar-refractivity contribution in [2.75, 3.05) is 19.1 Å². The Balaban J connectivity index is 1.87. The number of nitrogens with zero attached hydrogens (tertiary/aromatic N) is 3. The number of amides is 2. The number of carboxylic acid groups (broad SMARTS) is 1. The minimum Gasteiger partial charge on any atom is -0.467 e. The highest BCUT2D eigenvalue weighted by molar-refractivity contribution is 6.03. The molecule has 1 aliphatic heterocycles. The van der Waals surface area contributed by atoms with E-state index in [2.05, 4.69) is 4.98 Å². The van der Waals surface area contributed by atoms with Gasteiger partial charge < -0.3 is 14.7 Å². The van der Waals surface area contributed by atoms with Crippen molar-refractivity contribution in [2.24, 2.45) is 0 Å². The van der Waals surface area contributed by atoms with Gasteiger partial charge in [0.25, 0.3) is 0 Å². The fourth-order valence-corrected chi connectivity index (χ4v) is 6.08. The normalized spacial score (nSPS) is 18.5. The zero-order valence-electron chi connectivity index (χ0n) is 26.7. The molecular formula is C33H32F7N3O5. The average Bonchev–Trinajstić information content (AvgIpc) is 3.37. The highest BCUT2D eigenvalue weighted by Gasteiger charge is 2.53. The summed E-state index contributed by atoms with van der Waals surface area (Å²) in [4.78, 5) is 45.4. The first-order valence-electron chi connectivity index (χ1n) is 14.5. The zero-order valence-corrected chi connectivity index (χ0v) is 26.7. The summed E-state index contributed by atoms with van der Waals surface area (Å²) in [7, 11) is 2.38. The Morgan fingerprint density at radius 3 is 2.02 bits per heavy atom. The second kappa shape index (κ2) is 12.4. The molecule has 1 N–H and O–H groups in total. The number of anilines is 1. The van der Waals surface area contributed by atoms with Crippen molar-refractivity contribution in [3.63, 3.8) is 0 Å². The van der Waals surface area contributed by atoms with Crippen LogP contribution in [0.15, 0.2) is 48.7 Å². The lowest BCUT2D eigenvalue weighted by Gasteiger charge is -2.34. The summed E-state index contributed by atoms with van der Waals surface area (Å²) in [5, 5.41) is 10.1. The van der Waals surface area contributed by atoms with Crippen molar-refractivity contribution in [2.45, 2.75) is 69.9 Å². The first-order chi connectivity index (χ1) is 22.0. The highest BCUT2D eigenvalue weighted by atomic mass is 19.4. The van der Waals surface area contributed by atoms with E-state index in [1.165, 1.54) is 52.2 Å². The van der Waals surface area contributed by atoms with Crippen molar-refractivity contribution in [3.8, 4) is 11.1 Å². The van der Waals surface area contributed by atoms with Crippen molar-refractivity contribution in [3.05, 3.63) is 82.4 Å². The van der Waals surface area contributed by atoms with E-state index in [1.807, 2.05) is 0 Å². The van der Waals surface area contributed by atoms with Crippen molar-refractivity contribution in [1.82, 2.24) is 9.88 Å². The third-order valence-corrected chi connectivity index (χ3v) is 8.81. The molecule has 0 unspecified atom stereocenters. The molecule has 15 heteroatoms. The Labute approximate surface area is 271 Å². The molecule has 1 saturated heterocycles. The number of carbonyl (C=O) groups is 3. The summed E-state index contributed by atoms with van der Waals surface area (Å²) in [5.41, 5.74) is -5.98. The van der Waals surface area contributed by atoms with Gasteiger partial charge >= 0.3 is 24.4 Å². The van der Waals surface area contributed by atoms with Crippen molar-refractivity contribution in [1.29, 1.82) is 0 Å². The predicted octanol–water partition coefficient (Wildman–Crippen LogP) is 7.92. The molecule has 2 amide bonds. The number of alkyl halides is 6. The summed E-state index contributed by atoms with van der Waals surface area (Å²) >= 11 is 0. The Hall–Kier alpha value is -4.69. The van der Waals surface area contributed by atoms with E-state index < -0.39 is 69.8 Å². The lowest BCUT2D eigenvalue weighted by atomic mass is 9.81. The number of likely N-dealkylation sites (N-methyl/N-ethyl adjacent to an activating group) is 1. The minimum absolute atomic E-state index is 0.0273. The van der Waals surface area contributed by atoms with E-state index in [0.29, 0.717) is 23.3 Å². The molecule has 4 rings (SSSR count). The Bertz CT molecular complexity index is 1740. The van der Waals surface area contributed by atoms with Gasteiger partial charge in [-0.3, -0.25) is 14.7 Å². The lowest BCUT2D eigenvalue weighted by Crippen LogP contribution is -2.51. The van der Waals surface area contributed by atoms with Gasteiger partial charge in [-0.1, -0.05) is 6.07 Å². The van der Waals surface area contributed by atoms with Gasteiger partial charge in [0.05, 0.1) is 47.3 Å². The molecule has 0 aliphatic carbocycles. The Morgan fingerprint density at radius 1 is 0.958 bits per heavy atom. The number of hydrogen-bond donors (Lipinski definition) is 1. The monoisotopic (exact) mass is 683 g/mol. The average molecular weight is 684 g/mol. The SMILES string of the molecule is COC(=O)[C@@]1(C)CC[C@H](c2cc(-c3ccc(F)cc3C)c(N(C)C(=O)C(C)(C)c3cc(C(F)(F)F)cc(C(F)(F)F)c3)cn2)N1C(=O)O. The highest BCUT2D eigenvalue weighted by Crippen LogP contribution is 2.45. The fraction of sp³-hybridized carbons (Fsp3) is 0.394. The molecule has 3 aromatic rings. The van der Waals surface area contributed by atoms with Crippen LogP contribution in [0.3, 0.4) is 0 Å². The molecule has 1 aliphatic rings. The van der Waals surface area contributed by atoms with E-state index in [-0.39, 0.29) is 35.9 Å². The molecule has 8 nitrogen and oxygen atoms in total. The van der Waals surface area contributed by atoms with Crippen LogP contribution in [0.2, 0.25) is 0 Å². The van der Waals surface area contributed by atoms with Crippen LogP contribution in [0, 0.1) is 12.7 Å². The molecule has 2 aromatic carbocycles. The third-order valence-electron chi connectivity index (χ3n) is 8.81. The number of methoxy groups -OCH3 is 1. The minimum atomic E-state index is -5.14. The number of benzene rings is 2. The van der Waals surface area contributed by atoms with Gasteiger partial charge in [0.15, 0.2) is 0 Å². The predicted molar refractivity (Wildman–Crippen MR) is 160 cm³/mol. The fourth-order valence-electron chi connectivity index (χ4n) is 6.08. The first kappa shape index (κ1) is 36.2. The van der Waals surface area contributed by atoms with Gasteiger partial charge in [-0.2, -0.15) is 26.3 Å². The zero-order chi connectivity index (χ0) is 36.1. The molecular weight excluding hydrogens is 651 g/mol. The molecule has 1 aromatic heterocycles. The molecule has 1 fully saturated rings. The van der Waals surface area contributed by atoms with E-state index >= 15 is 0 Å². The Morgan fingerprint density at radius 2 is 1.52 bits per heavy atom. The van der Waals surface area contributed by atoms with Crippen LogP contribution in [0.5, 0.6) is 0 Å². The van der Waals surface area contributed by atoms with Crippen LogP contribution in [0.1, 0.15) is 67.6 Å². The maximum Gasteiger partial charge on any atom is 0.416 e. The maximum absolute atomic E-state index is 14.1. The van der Waals surface area contributed by atoms with E-state index in [1.54, 1.807) is 6.92 Å². The number of rotatable bonds is 6. The number of esters is 1. The van der Waals surface area contributed by atoms with Crippen LogP contribution in [0.25, 0.3) is 11.1 Å². The second-order valence-electron chi connectivity index (χ2n) is 12.3. The van der Waals surface area contributed by atoms with E-state index in [0.717, 1.165) is 23.0 Å². The summed E-state index contributed by atoms with van der Waals surface area (Å²) in [6.45, 7) is 5.35. The molecule has 0 saturated carbocycles. The van der Waals surface area contributed by atoms with Gasteiger partial charge in [-0.25, -0.2) is 14.0 Å². The first-order valence-corrected chi connectivity index (χ1v) is 14.5. The molecule has 2 heterocycles. The van der Waals surface area contributed by atoms with Gasteiger partial charge in [-0.05, 0) is 93.6 Å². The number of aromatic nitrogens is 1. The van der Waals surface area contributed by atoms with Gasteiger partial charge in [-0.15, -0.1) is 0 Å². The molecule has 2 atom stereocenters. The van der Waals surface area contributed by atoms with Crippen LogP contribution in [-0.2, 0) is 32.1 Å². The summed E-state index contributed by atoms with van der Waals surface area (Å²) in [6.07, 6.45) is -10.2. The summed E-state index contributed by atoms with van der Waals surface area (Å²) in [5.74, 6) is -2.27. The molecule has 0 spiro atoms. The number of hydrogen-bond acceptors (Lipinski definition) is 5. The number of ether oxygens (including phenoxy) is 1. The topological polar surface area (TPSA) is 100 Å². The van der Waals surface area contributed by atoms with Crippen LogP contribution in [-0.4, -0.2) is 52.7 Å². The number of halogens is 7. The maximum atomic E-state index is 14.1. The van der Waals surface area contributed by atoms with Crippen molar-refractivity contribution >= 4 is 23.7 Å². The number of pyridine rings is 1. The number of likely N-dealkylation sites (tertiary alicyclic amines) is 1. The molecule has 48 heavy (non-hydrogen) atoms. The molecule has 0 radical (unpaired) electrons. The van der Waals surface area contributed by atoms with Crippen LogP contribution < -0.4 is 4.90 Å². The summed E-state index contributed by atoms with van der Waals surface area (Å²) in [6, 6.07) is 5.22. The van der Waals surface area contributed by atoms with E-state index in [9.17, 15) is 50.2 Å². The molecule has 0 bridgehead atoms. The smallest absolute Gasteiger partial charge is 0.416 e. The second-order valence-corrected chi connectivity index (χ2v) is 12.3. The Kier molecular flexibility index (Phi) is 9.34. The van der Waals surface area contributed by atoms with Crippen molar-refractivity contribution < 1.29 is 55.0 Å². The third kappa shape index (κ3) is 6.54. The van der Waals surface area contributed by atoms with Gasteiger partial charge in [0.2, 0.25) is 5.91 Å². The standard InChI is InChI=1S/C33H32F7N3O5/c1-17-11-21(34)7-8-22(17)23-15-24(25-9-10-31(4,28(45)48-6)43(25)29(46)47)41-16-26(23)42(5)27(44)30(2,3)18-12-19(32(35,36)37)14-20(13-18)33(38,39)40/h7-8,11-16,25H,9-10H2,1-6H3,(H,46,47)/t25-,31-/m1/s1. The summed E-state index contributed by atoms with van der Waals surface area (Å²) < 4.78 is 101. The number of aryl methyl sites for hydroxylation is 1. The lowest BCUT2D eigenvalue weighted by molar-refractivity contribution is -0.152. The molecule has 258 valence electrons. The van der Waals surface area contributed by atoms with Gasteiger partial charge in [0, 0.05) is 12.6 Å². The van der Waals surface area contributed by atoms with E-state index in [4.69, 9.17) is 4.74 Å².